The molecule has 0 aromatic carbocycles. The van der Waals surface area contributed by atoms with Crippen LogP contribution in [0.4, 0.5) is 0 Å². The van der Waals surface area contributed by atoms with Crippen LogP contribution < -0.4 is 5.32 Å². The summed E-state index contributed by atoms with van der Waals surface area (Å²) in [5.41, 5.74) is -1.04. The molecule has 0 saturated heterocycles. The number of carboxylic acid groups (broad SMARTS) is 1. The summed E-state index contributed by atoms with van der Waals surface area (Å²) in [7, 11) is 0. The smallest absolute Gasteiger partial charge is 0.310 e. The summed E-state index contributed by atoms with van der Waals surface area (Å²) in [6.07, 6.45) is 1.29. The maximum absolute atomic E-state index is 11.8. The first-order chi connectivity index (χ1) is 8.24. The molecule has 0 heterocycles. The van der Waals surface area contributed by atoms with Crippen molar-refractivity contribution in [3.63, 3.8) is 0 Å². The molecule has 5 nitrogen and oxygen atoms in total. The van der Waals surface area contributed by atoms with E-state index in [1.807, 2.05) is 6.92 Å². The molecule has 0 bridgehead atoms. The van der Waals surface area contributed by atoms with E-state index in [4.69, 9.17) is 5.11 Å². The first-order valence-corrected chi connectivity index (χ1v) is 6.37. The van der Waals surface area contributed by atoms with Crippen LogP contribution in [-0.2, 0) is 9.59 Å². The van der Waals surface area contributed by atoms with Gasteiger partial charge in [-0.15, -0.1) is 0 Å². The van der Waals surface area contributed by atoms with Crippen LogP contribution in [0.2, 0.25) is 0 Å². The molecule has 0 aliphatic rings. The minimum Gasteiger partial charge on any atom is -0.481 e. The van der Waals surface area contributed by atoms with Gasteiger partial charge in [0.15, 0.2) is 0 Å². The van der Waals surface area contributed by atoms with Gasteiger partial charge in [0, 0.05) is 19.1 Å². The summed E-state index contributed by atoms with van der Waals surface area (Å²) < 4.78 is 0. The molecule has 2 unspecified atom stereocenters. The van der Waals surface area contributed by atoms with Gasteiger partial charge in [-0.05, 0) is 32.6 Å². The highest BCUT2D eigenvalue weighted by Gasteiger charge is 2.38. The Hall–Kier alpha value is -1.10. The molecule has 0 spiro atoms. The highest BCUT2D eigenvalue weighted by Crippen LogP contribution is 2.31. The zero-order valence-corrected chi connectivity index (χ0v) is 11.7. The Labute approximate surface area is 109 Å². The summed E-state index contributed by atoms with van der Waals surface area (Å²) in [6, 6.07) is -0.0464. The van der Waals surface area contributed by atoms with Gasteiger partial charge in [0.25, 0.3) is 0 Å². The van der Waals surface area contributed by atoms with Gasteiger partial charge in [-0.1, -0.05) is 13.8 Å². The third-order valence-electron chi connectivity index (χ3n) is 3.49. The monoisotopic (exact) mass is 259 g/mol. The Kier molecular flexibility index (Phi) is 6.91. The first kappa shape index (κ1) is 16.9. The van der Waals surface area contributed by atoms with Gasteiger partial charge in [0.1, 0.15) is 0 Å². The third kappa shape index (κ3) is 5.04. The number of carbonyl (C=O) groups excluding carboxylic acids is 1. The third-order valence-corrected chi connectivity index (χ3v) is 3.49. The van der Waals surface area contributed by atoms with E-state index in [2.05, 4.69) is 5.32 Å². The van der Waals surface area contributed by atoms with Crippen LogP contribution in [-0.4, -0.2) is 34.7 Å². The fourth-order valence-corrected chi connectivity index (χ4v) is 1.66. The van der Waals surface area contributed by atoms with E-state index < -0.39 is 11.4 Å². The van der Waals surface area contributed by atoms with E-state index in [-0.39, 0.29) is 30.9 Å². The van der Waals surface area contributed by atoms with E-state index in [0.29, 0.717) is 12.8 Å². The number of nitrogens with one attached hydrogen (secondary N) is 1. The number of aliphatic hydroxyl groups excluding tert-OH is 1. The average molecular weight is 259 g/mol. The SMILES string of the molecule is CC(CCCO)NC(=O)CC(C)(C(=O)O)C(C)C. The highest BCUT2D eigenvalue weighted by molar-refractivity contribution is 5.85. The number of amides is 1. The summed E-state index contributed by atoms with van der Waals surface area (Å²) in [5, 5.41) is 20.7. The number of carbonyl (C=O) groups is 2. The molecule has 1 amide bonds. The second-order valence-corrected chi connectivity index (χ2v) is 5.39. The molecule has 0 fully saturated rings. The van der Waals surface area contributed by atoms with Crippen molar-refractivity contribution in [3.05, 3.63) is 0 Å². The number of hydrogen-bond donors (Lipinski definition) is 3. The largest absolute Gasteiger partial charge is 0.481 e. The van der Waals surface area contributed by atoms with Crippen molar-refractivity contribution < 1.29 is 19.8 Å². The van der Waals surface area contributed by atoms with Crippen molar-refractivity contribution in [2.75, 3.05) is 6.61 Å². The maximum atomic E-state index is 11.8. The molecule has 2 atom stereocenters. The van der Waals surface area contributed by atoms with Crippen molar-refractivity contribution in [1.82, 2.24) is 5.32 Å². The van der Waals surface area contributed by atoms with Gasteiger partial charge >= 0.3 is 5.97 Å². The van der Waals surface area contributed by atoms with Gasteiger partial charge < -0.3 is 15.5 Å². The van der Waals surface area contributed by atoms with Gasteiger partial charge in [-0.3, -0.25) is 9.59 Å². The molecule has 0 saturated carbocycles. The molecule has 5 heteroatoms. The van der Waals surface area contributed by atoms with Crippen LogP contribution in [0, 0.1) is 11.3 Å². The topological polar surface area (TPSA) is 86.6 Å². The molecule has 106 valence electrons. The van der Waals surface area contributed by atoms with Crippen molar-refractivity contribution in [1.29, 1.82) is 0 Å². The molecule has 0 radical (unpaired) electrons. The van der Waals surface area contributed by atoms with Gasteiger partial charge in [0.2, 0.25) is 5.91 Å². The molecule has 3 N–H and O–H groups in total. The number of hydrogen-bond acceptors (Lipinski definition) is 3. The van der Waals surface area contributed by atoms with Crippen LogP contribution in [0.25, 0.3) is 0 Å². The lowest BCUT2D eigenvalue weighted by Gasteiger charge is -2.29. The minimum atomic E-state index is -1.04. The number of carboxylic acids is 1. The van der Waals surface area contributed by atoms with E-state index in [9.17, 15) is 14.7 Å². The number of rotatable bonds is 8. The maximum Gasteiger partial charge on any atom is 0.310 e. The Balaban J connectivity index is 4.40. The molecular weight excluding hydrogens is 234 g/mol. The van der Waals surface area contributed by atoms with Gasteiger partial charge in [-0.2, -0.15) is 0 Å². The van der Waals surface area contributed by atoms with Crippen molar-refractivity contribution >= 4 is 11.9 Å². The van der Waals surface area contributed by atoms with Crippen molar-refractivity contribution in [3.8, 4) is 0 Å². The van der Waals surface area contributed by atoms with Crippen molar-refractivity contribution in [2.45, 2.75) is 53.0 Å². The normalized spacial score (nSPS) is 16.1. The molecule has 0 aliphatic carbocycles. The summed E-state index contributed by atoms with van der Waals surface area (Å²) in [5.74, 6) is -1.32. The van der Waals surface area contributed by atoms with E-state index in [1.54, 1.807) is 20.8 Å². The predicted octanol–water partition coefficient (Wildman–Crippen LogP) is 1.40. The van der Waals surface area contributed by atoms with Gasteiger partial charge in [-0.25, -0.2) is 0 Å². The fraction of sp³-hybridized carbons (Fsp3) is 0.846. The first-order valence-electron chi connectivity index (χ1n) is 6.37. The Morgan fingerprint density at radius 3 is 2.22 bits per heavy atom. The molecule has 0 aromatic rings. The lowest BCUT2D eigenvalue weighted by Crippen LogP contribution is -2.41. The zero-order valence-electron chi connectivity index (χ0n) is 11.7. The lowest BCUT2D eigenvalue weighted by molar-refractivity contribution is -0.153. The minimum absolute atomic E-state index is 0.0243. The van der Waals surface area contributed by atoms with Crippen LogP contribution in [0.5, 0.6) is 0 Å². The number of aliphatic carboxylic acids is 1. The highest BCUT2D eigenvalue weighted by atomic mass is 16.4. The molecule has 0 rings (SSSR count). The lowest BCUT2D eigenvalue weighted by atomic mass is 9.76. The van der Waals surface area contributed by atoms with E-state index in [1.165, 1.54) is 0 Å². The number of aliphatic hydroxyl groups is 1. The van der Waals surface area contributed by atoms with Crippen molar-refractivity contribution in [2.24, 2.45) is 11.3 Å². The second kappa shape index (κ2) is 7.36. The Bertz CT molecular complexity index is 291. The van der Waals surface area contributed by atoms with Crippen LogP contribution in [0.1, 0.15) is 47.0 Å². The molecule has 0 aromatic heterocycles. The van der Waals surface area contributed by atoms with Crippen LogP contribution in [0.3, 0.4) is 0 Å². The summed E-state index contributed by atoms with van der Waals surface area (Å²) in [4.78, 5) is 23.0. The Morgan fingerprint density at radius 1 is 1.28 bits per heavy atom. The summed E-state index contributed by atoms with van der Waals surface area (Å²) >= 11 is 0. The zero-order chi connectivity index (χ0) is 14.3. The molecular formula is C13H25NO4. The van der Waals surface area contributed by atoms with E-state index >= 15 is 0 Å². The predicted molar refractivity (Wildman–Crippen MR) is 69.1 cm³/mol. The summed E-state index contributed by atoms with van der Waals surface area (Å²) in [6.45, 7) is 7.14. The van der Waals surface area contributed by atoms with E-state index in [0.717, 1.165) is 0 Å². The second-order valence-electron chi connectivity index (χ2n) is 5.39. The molecule has 18 heavy (non-hydrogen) atoms. The molecule has 0 aliphatic heterocycles. The quantitative estimate of drug-likeness (QED) is 0.615. The standard InChI is InChI=1S/C13H25NO4/c1-9(2)13(4,12(17)18)8-11(16)14-10(3)6-5-7-15/h9-10,15H,5-8H2,1-4H3,(H,14,16)(H,17,18). The average Bonchev–Trinajstić information content (AvgIpc) is 2.25. The Morgan fingerprint density at radius 2 is 1.83 bits per heavy atom. The van der Waals surface area contributed by atoms with Crippen LogP contribution in [0.15, 0.2) is 0 Å². The van der Waals surface area contributed by atoms with Gasteiger partial charge in [0.05, 0.1) is 5.41 Å². The fourth-order valence-electron chi connectivity index (χ4n) is 1.66. The van der Waals surface area contributed by atoms with Crippen LogP contribution >= 0.6 is 0 Å².